The molecule has 0 saturated carbocycles. The van der Waals surface area contributed by atoms with Crippen molar-refractivity contribution >= 4 is 24.3 Å². The van der Waals surface area contributed by atoms with Crippen molar-refractivity contribution < 1.29 is 23.6 Å². The summed E-state index contributed by atoms with van der Waals surface area (Å²) in [5.74, 6) is -0.0242. The number of rotatable bonds is 6. The zero-order chi connectivity index (χ0) is 15.2. The molecule has 0 heterocycles. The molecule has 0 aromatic heterocycles. The van der Waals surface area contributed by atoms with E-state index in [-0.39, 0.29) is 11.5 Å². The first-order valence-electron chi connectivity index (χ1n) is 6.23. The summed E-state index contributed by atoms with van der Waals surface area (Å²) in [4.78, 5) is 0.234. The first-order chi connectivity index (χ1) is 10.1. The molecule has 2 aromatic carbocycles. The van der Waals surface area contributed by atoms with Crippen LogP contribution in [0.4, 0.5) is 8.78 Å². The molecule has 0 saturated heterocycles. The first-order valence-corrected chi connectivity index (χ1v) is 7.21. The third-order valence-electron chi connectivity index (χ3n) is 2.66. The van der Waals surface area contributed by atoms with Crippen LogP contribution >= 0.6 is 11.8 Å². The van der Waals surface area contributed by atoms with E-state index >= 15 is 0 Å². The van der Waals surface area contributed by atoms with E-state index in [0.717, 1.165) is 30.0 Å². The van der Waals surface area contributed by atoms with Crippen molar-refractivity contribution in [3.63, 3.8) is 0 Å². The van der Waals surface area contributed by atoms with E-state index in [4.69, 9.17) is 14.8 Å². The van der Waals surface area contributed by atoms with Crippen molar-refractivity contribution in [1.82, 2.24) is 0 Å². The van der Waals surface area contributed by atoms with E-state index in [1.54, 1.807) is 18.2 Å². The van der Waals surface area contributed by atoms with E-state index in [0.29, 0.717) is 17.0 Å². The molecule has 0 spiro atoms. The van der Waals surface area contributed by atoms with Crippen LogP contribution < -0.4 is 10.2 Å². The van der Waals surface area contributed by atoms with Crippen molar-refractivity contribution in [3.05, 3.63) is 54.1 Å². The molecule has 2 aromatic rings. The molecule has 110 valence electrons. The number of hydrogen-bond acceptors (Lipinski definition) is 4. The van der Waals surface area contributed by atoms with E-state index in [1.807, 2.05) is 0 Å². The third kappa shape index (κ3) is 4.73. The fraction of sp³-hybridized carbons (Fsp3) is 0.143. The molecule has 2 rings (SSSR count). The summed E-state index contributed by atoms with van der Waals surface area (Å²) in [6, 6.07) is 9.70. The molecule has 0 radical (unpaired) electrons. The van der Waals surface area contributed by atoms with Gasteiger partial charge in [0.15, 0.2) is 0 Å². The second-order valence-electron chi connectivity index (χ2n) is 4.22. The lowest BCUT2D eigenvalue weighted by molar-refractivity contribution is 0.344. The monoisotopic (exact) mass is 310 g/mol. The normalized spacial score (nSPS) is 10.5. The Balaban J connectivity index is 1.84. The SMILES string of the molecule is OB(O)c1cccc(OCCSc2cc(F)ccc2F)c1. The summed E-state index contributed by atoms with van der Waals surface area (Å²) in [5.41, 5.74) is 0.330. The number of benzene rings is 2. The standard InChI is InChI=1S/C14H13BF2O3S/c16-11-4-5-13(17)14(9-11)21-7-6-20-12-3-1-2-10(8-12)15(18)19/h1-5,8-9,18-19H,6-7H2. The molecule has 0 atom stereocenters. The average Bonchev–Trinajstić information content (AvgIpc) is 2.47. The Kier molecular flexibility index (Phi) is 5.61. The Labute approximate surface area is 125 Å². The van der Waals surface area contributed by atoms with Crippen LogP contribution in [0.5, 0.6) is 5.75 Å². The fourth-order valence-corrected chi connectivity index (χ4v) is 2.45. The lowest BCUT2D eigenvalue weighted by Gasteiger charge is -2.08. The average molecular weight is 310 g/mol. The van der Waals surface area contributed by atoms with Gasteiger partial charge in [-0.2, -0.15) is 0 Å². The maximum absolute atomic E-state index is 13.4. The Morgan fingerprint density at radius 3 is 2.67 bits per heavy atom. The molecule has 2 N–H and O–H groups in total. The molecule has 0 aliphatic rings. The summed E-state index contributed by atoms with van der Waals surface area (Å²) in [6.45, 7) is 0.283. The highest BCUT2D eigenvalue weighted by molar-refractivity contribution is 7.99. The van der Waals surface area contributed by atoms with Crippen LogP contribution in [-0.2, 0) is 0 Å². The molecule has 21 heavy (non-hydrogen) atoms. The van der Waals surface area contributed by atoms with Gasteiger partial charge < -0.3 is 14.8 Å². The maximum Gasteiger partial charge on any atom is 0.488 e. The van der Waals surface area contributed by atoms with Crippen LogP contribution in [0.25, 0.3) is 0 Å². The third-order valence-corrected chi connectivity index (χ3v) is 3.65. The van der Waals surface area contributed by atoms with Crippen molar-refractivity contribution in [2.24, 2.45) is 0 Å². The number of thioether (sulfide) groups is 1. The predicted molar refractivity (Wildman–Crippen MR) is 78.8 cm³/mol. The highest BCUT2D eigenvalue weighted by Crippen LogP contribution is 2.22. The van der Waals surface area contributed by atoms with Gasteiger partial charge in [-0.3, -0.25) is 0 Å². The summed E-state index contributed by atoms with van der Waals surface area (Å²) in [6.07, 6.45) is 0. The van der Waals surface area contributed by atoms with Crippen molar-refractivity contribution in [3.8, 4) is 5.75 Å². The molecule has 0 bridgehead atoms. The van der Waals surface area contributed by atoms with Gasteiger partial charge in [0.1, 0.15) is 17.4 Å². The van der Waals surface area contributed by atoms with Crippen molar-refractivity contribution in [2.45, 2.75) is 4.90 Å². The minimum atomic E-state index is -1.55. The molecule has 0 unspecified atom stereocenters. The van der Waals surface area contributed by atoms with Gasteiger partial charge in [0.25, 0.3) is 0 Å². The molecule has 3 nitrogen and oxygen atoms in total. The quantitative estimate of drug-likeness (QED) is 0.485. The van der Waals surface area contributed by atoms with Gasteiger partial charge in [0.05, 0.1) is 6.61 Å². The van der Waals surface area contributed by atoms with Crippen LogP contribution in [0.2, 0.25) is 0 Å². The highest BCUT2D eigenvalue weighted by Gasteiger charge is 2.11. The summed E-state index contributed by atoms with van der Waals surface area (Å²) >= 11 is 1.15. The van der Waals surface area contributed by atoms with E-state index in [1.165, 1.54) is 6.07 Å². The maximum atomic E-state index is 13.4. The van der Waals surface area contributed by atoms with E-state index in [9.17, 15) is 8.78 Å². The lowest BCUT2D eigenvalue weighted by atomic mass is 9.80. The fourth-order valence-electron chi connectivity index (χ4n) is 1.66. The van der Waals surface area contributed by atoms with E-state index < -0.39 is 18.8 Å². The Bertz CT molecular complexity index is 611. The molecular formula is C14H13BF2O3S. The minimum Gasteiger partial charge on any atom is -0.493 e. The molecule has 7 heteroatoms. The van der Waals surface area contributed by atoms with Crippen LogP contribution in [0.1, 0.15) is 0 Å². The molecule has 0 amide bonds. The second kappa shape index (κ2) is 7.45. The number of ether oxygens (including phenoxy) is 1. The Morgan fingerprint density at radius 2 is 1.90 bits per heavy atom. The topological polar surface area (TPSA) is 49.7 Å². The van der Waals surface area contributed by atoms with Gasteiger partial charge in [-0.1, -0.05) is 12.1 Å². The van der Waals surface area contributed by atoms with Crippen LogP contribution in [0, 0.1) is 11.6 Å². The largest absolute Gasteiger partial charge is 0.493 e. The van der Waals surface area contributed by atoms with Gasteiger partial charge in [0.2, 0.25) is 0 Å². The van der Waals surface area contributed by atoms with Gasteiger partial charge in [0, 0.05) is 10.6 Å². The number of hydrogen-bond donors (Lipinski definition) is 2. The number of halogens is 2. The predicted octanol–water partition coefficient (Wildman–Crippen LogP) is 1.82. The molecular weight excluding hydrogens is 297 g/mol. The molecule has 0 aliphatic heterocycles. The zero-order valence-corrected chi connectivity index (χ0v) is 11.8. The summed E-state index contributed by atoms with van der Waals surface area (Å²) in [5, 5.41) is 18.1. The summed E-state index contributed by atoms with van der Waals surface area (Å²) < 4.78 is 31.8. The Hall–Kier alpha value is -1.57. The van der Waals surface area contributed by atoms with Gasteiger partial charge in [-0.15, -0.1) is 11.8 Å². The van der Waals surface area contributed by atoms with Gasteiger partial charge in [-0.05, 0) is 35.8 Å². The van der Waals surface area contributed by atoms with E-state index in [2.05, 4.69) is 0 Å². The van der Waals surface area contributed by atoms with Crippen molar-refractivity contribution in [2.75, 3.05) is 12.4 Å². The summed E-state index contributed by atoms with van der Waals surface area (Å²) in [7, 11) is -1.55. The van der Waals surface area contributed by atoms with Crippen LogP contribution in [0.15, 0.2) is 47.4 Å². The van der Waals surface area contributed by atoms with Crippen LogP contribution in [-0.4, -0.2) is 29.5 Å². The molecule has 0 fully saturated rings. The second-order valence-corrected chi connectivity index (χ2v) is 5.35. The van der Waals surface area contributed by atoms with Gasteiger partial charge in [-0.25, -0.2) is 8.78 Å². The van der Waals surface area contributed by atoms with Crippen LogP contribution in [0.3, 0.4) is 0 Å². The lowest BCUT2D eigenvalue weighted by Crippen LogP contribution is -2.29. The first kappa shape index (κ1) is 15.8. The van der Waals surface area contributed by atoms with Crippen molar-refractivity contribution in [1.29, 1.82) is 0 Å². The highest BCUT2D eigenvalue weighted by atomic mass is 32.2. The smallest absolute Gasteiger partial charge is 0.488 e. The Morgan fingerprint density at radius 1 is 1.10 bits per heavy atom. The molecule has 0 aliphatic carbocycles. The minimum absolute atomic E-state index is 0.234. The zero-order valence-electron chi connectivity index (χ0n) is 11.0. The van der Waals surface area contributed by atoms with Gasteiger partial charge >= 0.3 is 7.12 Å².